The molecule has 2 aromatic rings. The van der Waals surface area contributed by atoms with E-state index in [9.17, 15) is 10.1 Å². The Kier molecular flexibility index (Phi) is 2.92. The summed E-state index contributed by atoms with van der Waals surface area (Å²) in [4.78, 5) is 13.9. The summed E-state index contributed by atoms with van der Waals surface area (Å²) in [6.45, 7) is 3.69. The van der Waals surface area contributed by atoms with Gasteiger partial charge in [0.05, 0.1) is 11.1 Å². The average molecular weight is 250 g/mol. The van der Waals surface area contributed by atoms with Gasteiger partial charge in [0, 0.05) is 17.7 Å². The van der Waals surface area contributed by atoms with Crippen LogP contribution in [0.3, 0.4) is 0 Å². The van der Waals surface area contributed by atoms with Gasteiger partial charge in [-0.05, 0) is 13.0 Å². The zero-order chi connectivity index (χ0) is 12.4. The molecule has 0 aliphatic rings. The number of nitrogens with zero attached hydrogens (tertiary/aromatic N) is 2. The first-order chi connectivity index (χ1) is 8.06. The molecular weight excluding hydrogens is 242 g/mol. The first kappa shape index (κ1) is 11.3. The maximum atomic E-state index is 10.5. The number of nitro groups is 1. The predicted octanol–water partition coefficient (Wildman–Crippen LogP) is 2.61. The maximum absolute atomic E-state index is 10.5. The Morgan fingerprint density at radius 3 is 2.82 bits per heavy atom. The van der Waals surface area contributed by atoms with Crippen molar-refractivity contribution < 1.29 is 9.66 Å². The van der Waals surface area contributed by atoms with Crippen molar-refractivity contribution >= 4 is 22.2 Å². The van der Waals surface area contributed by atoms with Crippen LogP contribution in [-0.4, -0.2) is 9.91 Å². The van der Waals surface area contributed by atoms with Gasteiger partial charge in [-0.3, -0.25) is 10.1 Å². The molecule has 17 heavy (non-hydrogen) atoms. The molecule has 0 saturated heterocycles. The summed E-state index contributed by atoms with van der Waals surface area (Å²) in [5.41, 5.74) is 5.87. The number of aromatic nitrogens is 1. The van der Waals surface area contributed by atoms with Crippen LogP contribution in [0.2, 0.25) is 0 Å². The number of hydrogen-bond acceptors (Lipinski definition) is 6. The summed E-state index contributed by atoms with van der Waals surface area (Å²) >= 11 is 1.18. The van der Waals surface area contributed by atoms with Gasteiger partial charge in [0.15, 0.2) is 5.13 Å². The van der Waals surface area contributed by atoms with Crippen molar-refractivity contribution in [2.45, 2.75) is 0 Å². The normalized spacial score (nSPS) is 10.2. The number of nitro benzene ring substituents is 1. The van der Waals surface area contributed by atoms with Gasteiger partial charge in [0.1, 0.15) is 5.75 Å². The van der Waals surface area contributed by atoms with Gasteiger partial charge in [-0.2, -0.15) is 0 Å². The van der Waals surface area contributed by atoms with Gasteiger partial charge in [0.2, 0.25) is 5.06 Å². The van der Waals surface area contributed by atoms with E-state index in [4.69, 9.17) is 10.5 Å². The Morgan fingerprint density at radius 2 is 2.29 bits per heavy atom. The second-order valence-corrected chi connectivity index (χ2v) is 4.19. The van der Waals surface area contributed by atoms with E-state index >= 15 is 0 Å². The fourth-order valence-corrected chi connectivity index (χ4v) is 1.76. The standard InChI is InChI=1S/C10H8N3O3S/c1-6-4-7(13(14)15)2-3-8(6)16-9-5-12-10(11)17-9/h2-5H,1H2,(H2,11,12). The second-order valence-electron chi connectivity index (χ2n) is 3.17. The molecule has 0 unspecified atom stereocenters. The summed E-state index contributed by atoms with van der Waals surface area (Å²) in [6, 6.07) is 4.20. The van der Waals surface area contributed by atoms with Crippen molar-refractivity contribution in [2.24, 2.45) is 0 Å². The van der Waals surface area contributed by atoms with Crippen molar-refractivity contribution in [3.8, 4) is 10.8 Å². The van der Waals surface area contributed by atoms with Crippen LogP contribution < -0.4 is 10.5 Å². The lowest BCUT2D eigenvalue weighted by atomic mass is 10.2. The first-order valence-electron chi connectivity index (χ1n) is 4.56. The molecule has 0 amide bonds. The molecule has 7 heteroatoms. The van der Waals surface area contributed by atoms with Gasteiger partial charge >= 0.3 is 0 Å². The van der Waals surface area contributed by atoms with Crippen LogP contribution in [0.15, 0.2) is 24.4 Å². The van der Waals surface area contributed by atoms with Crippen molar-refractivity contribution in [1.82, 2.24) is 4.98 Å². The fourth-order valence-electron chi connectivity index (χ4n) is 1.21. The van der Waals surface area contributed by atoms with Crippen molar-refractivity contribution in [2.75, 3.05) is 5.73 Å². The summed E-state index contributed by atoms with van der Waals surface area (Å²) in [6.07, 6.45) is 1.49. The number of rotatable bonds is 3. The van der Waals surface area contributed by atoms with Crippen LogP contribution in [-0.2, 0) is 0 Å². The van der Waals surface area contributed by atoms with Gasteiger partial charge in [-0.1, -0.05) is 11.3 Å². The molecule has 0 atom stereocenters. The highest BCUT2D eigenvalue weighted by Gasteiger charge is 2.10. The minimum atomic E-state index is -0.483. The van der Waals surface area contributed by atoms with E-state index in [1.54, 1.807) is 0 Å². The van der Waals surface area contributed by atoms with Gasteiger partial charge in [0.25, 0.3) is 5.69 Å². The molecule has 0 bridgehead atoms. The number of non-ortho nitro benzene ring substituents is 1. The molecule has 0 aliphatic heterocycles. The maximum Gasteiger partial charge on any atom is 0.269 e. The third kappa shape index (κ3) is 2.51. The lowest BCUT2D eigenvalue weighted by Crippen LogP contribution is -1.90. The topological polar surface area (TPSA) is 91.3 Å². The fraction of sp³-hybridized carbons (Fsp3) is 0. The Labute approximate surface area is 101 Å². The lowest BCUT2D eigenvalue weighted by molar-refractivity contribution is -0.384. The monoisotopic (exact) mass is 250 g/mol. The minimum Gasteiger partial charge on any atom is -0.445 e. The summed E-state index contributed by atoms with van der Waals surface area (Å²) < 4.78 is 5.46. The van der Waals surface area contributed by atoms with Crippen molar-refractivity contribution in [3.05, 3.63) is 47.0 Å². The number of ether oxygens (including phenoxy) is 1. The van der Waals surface area contributed by atoms with Crippen LogP contribution in [0.4, 0.5) is 10.8 Å². The molecule has 0 spiro atoms. The van der Waals surface area contributed by atoms with E-state index in [2.05, 4.69) is 11.9 Å². The number of benzene rings is 1. The van der Waals surface area contributed by atoms with Gasteiger partial charge < -0.3 is 10.5 Å². The largest absolute Gasteiger partial charge is 0.445 e. The third-order valence-corrected chi connectivity index (χ3v) is 2.67. The van der Waals surface area contributed by atoms with Crippen LogP contribution in [0.5, 0.6) is 10.8 Å². The van der Waals surface area contributed by atoms with Gasteiger partial charge in [-0.25, -0.2) is 4.98 Å². The molecular formula is C10H8N3O3S. The highest BCUT2D eigenvalue weighted by molar-refractivity contribution is 7.17. The highest BCUT2D eigenvalue weighted by Crippen LogP contribution is 2.31. The molecule has 0 fully saturated rings. The molecule has 87 valence electrons. The van der Waals surface area contributed by atoms with E-state index < -0.39 is 4.92 Å². The summed E-state index contributed by atoms with van der Waals surface area (Å²) in [5, 5.41) is 11.4. The predicted molar refractivity (Wildman–Crippen MR) is 64.2 cm³/mol. The molecule has 6 nitrogen and oxygen atoms in total. The number of thiazole rings is 1. The molecule has 0 saturated carbocycles. The minimum absolute atomic E-state index is 0.0221. The molecule has 2 rings (SSSR count). The van der Waals surface area contributed by atoms with Gasteiger partial charge in [-0.15, -0.1) is 0 Å². The van der Waals surface area contributed by atoms with E-state index in [-0.39, 0.29) is 5.69 Å². The number of nitrogen functional groups attached to an aromatic ring is 1. The summed E-state index contributed by atoms with van der Waals surface area (Å²) in [7, 11) is 0. The molecule has 2 N–H and O–H groups in total. The van der Waals surface area contributed by atoms with Crippen molar-refractivity contribution in [3.63, 3.8) is 0 Å². The molecule has 1 aromatic carbocycles. The number of hydrogen-bond donors (Lipinski definition) is 1. The SMILES string of the molecule is [CH2]c1cc([N+](=O)[O-])ccc1Oc1cnc(N)s1. The van der Waals surface area contributed by atoms with Crippen LogP contribution in [0.25, 0.3) is 0 Å². The van der Waals surface area contributed by atoms with E-state index in [1.807, 2.05) is 0 Å². The Bertz CT molecular complexity index is 568. The van der Waals surface area contributed by atoms with Crippen LogP contribution in [0, 0.1) is 17.0 Å². The molecule has 1 radical (unpaired) electrons. The van der Waals surface area contributed by atoms with Crippen molar-refractivity contribution in [1.29, 1.82) is 0 Å². The number of nitrogens with two attached hydrogens (primary N) is 1. The van der Waals surface area contributed by atoms with Crippen LogP contribution in [0.1, 0.15) is 5.56 Å². The quantitative estimate of drug-likeness (QED) is 0.667. The first-order valence-corrected chi connectivity index (χ1v) is 5.37. The summed E-state index contributed by atoms with van der Waals surface area (Å²) in [5.74, 6) is 0.444. The van der Waals surface area contributed by atoms with E-state index in [0.29, 0.717) is 21.5 Å². The third-order valence-electron chi connectivity index (χ3n) is 1.97. The Balaban J connectivity index is 2.25. The van der Waals surface area contributed by atoms with Crippen LogP contribution >= 0.6 is 11.3 Å². The second kappa shape index (κ2) is 4.38. The average Bonchev–Trinajstić information content (AvgIpc) is 2.67. The zero-order valence-corrected chi connectivity index (χ0v) is 9.44. The smallest absolute Gasteiger partial charge is 0.269 e. The highest BCUT2D eigenvalue weighted by atomic mass is 32.1. The van der Waals surface area contributed by atoms with E-state index in [1.165, 1.54) is 35.7 Å². The Hall–Kier alpha value is -2.15. The lowest BCUT2D eigenvalue weighted by Gasteiger charge is -2.05. The molecule has 1 aromatic heterocycles. The Morgan fingerprint density at radius 1 is 1.53 bits per heavy atom. The zero-order valence-electron chi connectivity index (χ0n) is 8.62. The van der Waals surface area contributed by atoms with E-state index in [0.717, 1.165) is 0 Å². The molecule has 0 aliphatic carbocycles. The molecule has 1 heterocycles. The number of anilines is 1.